The third-order valence-electron chi connectivity index (χ3n) is 4.93. The Balaban J connectivity index is 1.61. The van der Waals surface area contributed by atoms with Gasteiger partial charge in [-0.25, -0.2) is 0 Å². The van der Waals surface area contributed by atoms with Crippen molar-refractivity contribution in [3.63, 3.8) is 0 Å². The van der Waals surface area contributed by atoms with Crippen LogP contribution in [-0.4, -0.2) is 23.3 Å². The number of carbonyl (C=O) groups is 2. The Morgan fingerprint density at radius 1 is 1.29 bits per heavy atom. The molecule has 0 saturated heterocycles. The molecule has 5 nitrogen and oxygen atoms in total. The molecule has 5 heteroatoms. The number of fused-ring (bicyclic) bond motifs is 2. The SMILES string of the molecule is Cc1c(C(=O)N[C@H]2CCOc3ccccc32)[nH]c2c1C(=O)CCC2. The molecule has 0 bridgehead atoms. The Labute approximate surface area is 140 Å². The van der Waals surface area contributed by atoms with Gasteiger partial charge in [0.05, 0.1) is 12.6 Å². The van der Waals surface area contributed by atoms with Gasteiger partial charge in [-0.2, -0.15) is 0 Å². The van der Waals surface area contributed by atoms with Gasteiger partial charge in [0.2, 0.25) is 0 Å². The monoisotopic (exact) mass is 324 g/mol. The number of Topliss-reactive ketones (excluding diaryl/α,β-unsaturated/α-hetero) is 1. The van der Waals surface area contributed by atoms with Gasteiger partial charge in [-0.3, -0.25) is 9.59 Å². The highest BCUT2D eigenvalue weighted by atomic mass is 16.5. The second-order valence-corrected chi connectivity index (χ2v) is 6.46. The average Bonchev–Trinajstić information content (AvgIpc) is 2.93. The Bertz CT molecular complexity index is 822. The summed E-state index contributed by atoms with van der Waals surface area (Å²) in [6, 6.07) is 7.71. The first-order chi connectivity index (χ1) is 11.6. The zero-order valence-corrected chi connectivity index (χ0v) is 13.6. The Hall–Kier alpha value is -2.56. The summed E-state index contributed by atoms with van der Waals surface area (Å²) in [4.78, 5) is 28.1. The van der Waals surface area contributed by atoms with Crippen molar-refractivity contribution in [3.8, 4) is 5.75 Å². The first-order valence-corrected chi connectivity index (χ1v) is 8.42. The summed E-state index contributed by atoms with van der Waals surface area (Å²) < 4.78 is 5.64. The van der Waals surface area contributed by atoms with E-state index in [1.807, 2.05) is 31.2 Å². The fraction of sp³-hybridized carbons (Fsp3) is 0.368. The smallest absolute Gasteiger partial charge is 0.268 e. The number of aryl methyl sites for hydroxylation is 1. The number of hydrogen-bond donors (Lipinski definition) is 2. The summed E-state index contributed by atoms with van der Waals surface area (Å²) in [6.07, 6.45) is 2.98. The molecule has 0 radical (unpaired) electrons. The highest BCUT2D eigenvalue weighted by Crippen LogP contribution is 2.32. The van der Waals surface area contributed by atoms with Gasteiger partial charge in [0.25, 0.3) is 5.91 Å². The molecular weight excluding hydrogens is 304 g/mol. The van der Waals surface area contributed by atoms with E-state index >= 15 is 0 Å². The van der Waals surface area contributed by atoms with Gasteiger partial charge >= 0.3 is 0 Å². The van der Waals surface area contributed by atoms with Gasteiger partial charge in [0, 0.05) is 29.7 Å². The number of ether oxygens (including phenoxy) is 1. The van der Waals surface area contributed by atoms with Crippen LogP contribution in [0.5, 0.6) is 5.75 Å². The molecule has 0 unspecified atom stereocenters. The van der Waals surface area contributed by atoms with Crippen molar-refractivity contribution >= 4 is 11.7 Å². The van der Waals surface area contributed by atoms with E-state index in [1.165, 1.54) is 0 Å². The topological polar surface area (TPSA) is 71.2 Å². The van der Waals surface area contributed by atoms with Crippen LogP contribution in [-0.2, 0) is 6.42 Å². The zero-order chi connectivity index (χ0) is 16.7. The molecule has 1 aliphatic heterocycles. The van der Waals surface area contributed by atoms with E-state index in [0.717, 1.165) is 47.4 Å². The Morgan fingerprint density at radius 2 is 2.12 bits per heavy atom. The van der Waals surface area contributed by atoms with Crippen molar-refractivity contribution in [2.45, 2.75) is 38.6 Å². The van der Waals surface area contributed by atoms with Crippen LogP contribution < -0.4 is 10.1 Å². The van der Waals surface area contributed by atoms with E-state index < -0.39 is 0 Å². The van der Waals surface area contributed by atoms with Crippen LogP contribution in [0.1, 0.15) is 63.0 Å². The molecule has 2 heterocycles. The number of hydrogen-bond acceptors (Lipinski definition) is 3. The van der Waals surface area contributed by atoms with Crippen LogP contribution in [0, 0.1) is 6.92 Å². The van der Waals surface area contributed by atoms with E-state index in [9.17, 15) is 9.59 Å². The van der Waals surface area contributed by atoms with Crippen molar-refractivity contribution in [3.05, 3.63) is 52.3 Å². The number of nitrogens with one attached hydrogen (secondary N) is 2. The number of carbonyl (C=O) groups excluding carboxylic acids is 2. The van der Waals surface area contributed by atoms with Crippen LogP contribution in [0.15, 0.2) is 24.3 Å². The van der Waals surface area contributed by atoms with Gasteiger partial charge in [-0.05, 0) is 31.4 Å². The summed E-state index contributed by atoms with van der Waals surface area (Å²) in [5.74, 6) is 0.809. The lowest BCUT2D eigenvalue weighted by Crippen LogP contribution is -2.32. The minimum absolute atomic E-state index is 0.0714. The Morgan fingerprint density at radius 3 is 2.96 bits per heavy atom. The fourth-order valence-electron chi connectivity index (χ4n) is 3.72. The number of benzene rings is 1. The summed E-state index contributed by atoms with van der Waals surface area (Å²) in [5.41, 5.74) is 3.91. The minimum Gasteiger partial charge on any atom is -0.493 e. The lowest BCUT2D eigenvalue weighted by Gasteiger charge is -2.26. The number of ketones is 1. The second-order valence-electron chi connectivity index (χ2n) is 6.46. The van der Waals surface area contributed by atoms with Gasteiger partial charge < -0.3 is 15.0 Å². The number of para-hydroxylation sites is 1. The first-order valence-electron chi connectivity index (χ1n) is 8.42. The summed E-state index contributed by atoms with van der Waals surface area (Å²) in [5, 5.41) is 3.09. The lowest BCUT2D eigenvalue weighted by atomic mass is 9.93. The standard InChI is InChI=1S/C19H20N2O3/c1-11-17-14(6-4-7-15(17)22)20-18(11)19(23)21-13-9-10-24-16-8-3-2-5-12(13)16/h2-3,5,8,13,20H,4,6-7,9-10H2,1H3,(H,21,23)/t13-/m0/s1. The fourth-order valence-corrected chi connectivity index (χ4v) is 3.72. The van der Waals surface area contributed by atoms with E-state index in [1.54, 1.807) is 0 Å². The zero-order valence-electron chi connectivity index (χ0n) is 13.6. The molecule has 0 spiro atoms. The largest absolute Gasteiger partial charge is 0.493 e. The molecule has 2 N–H and O–H groups in total. The normalized spacial score (nSPS) is 19.2. The average molecular weight is 324 g/mol. The maximum Gasteiger partial charge on any atom is 0.268 e. The van der Waals surface area contributed by atoms with Crippen LogP contribution in [0.2, 0.25) is 0 Å². The van der Waals surface area contributed by atoms with Crippen molar-refractivity contribution in [2.75, 3.05) is 6.61 Å². The molecule has 2 aromatic rings. The van der Waals surface area contributed by atoms with Crippen LogP contribution >= 0.6 is 0 Å². The third kappa shape index (κ3) is 2.40. The molecule has 2 aliphatic rings. The van der Waals surface area contributed by atoms with E-state index in [-0.39, 0.29) is 17.7 Å². The van der Waals surface area contributed by atoms with Crippen molar-refractivity contribution in [2.24, 2.45) is 0 Å². The molecule has 0 saturated carbocycles. The number of rotatable bonds is 2. The molecule has 24 heavy (non-hydrogen) atoms. The molecule has 1 amide bonds. The number of aromatic nitrogens is 1. The van der Waals surface area contributed by atoms with Crippen LogP contribution in [0.25, 0.3) is 0 Å². The van der Waals surface area contributed by atoms with Gasteiger partial charge in [0.15, 0.2) is 5.78 Å². The molecule has 124 valence electrons. The quantitative estimate of drug-likeness (QED) is 0.892. The highest BCUT2D eigenvalue weighted by Gasteiger charge is 2.28. The van der Waals surface area contributed by atoms with Gasteiger partial charge in [-0.1, -0.05) is 18.2 Å². The minimum atomic E-state index is -0.156. The molecule has 1 aromatic carbocycles. The predicted octanol–water partition coefficient (Wildman–Crippen LogP) is 3.10. The van der Waals surface area contributed by atoms with E-state index in [0.29, 0.717) is 18.7 Å². The number of aromatic amines is 1. The molecule has 1 aliphatic carbocycles. The maximum absolute atomic E-state index is 12.8. The summed E-state index contributed by atoms with van der Waals surface area (Å²) in [7, 11) is 0. The molecular formula is C19H20N2O3. The lowest BCUT2D eigenvalue weighted by molar-refractivity contribution is 0.0919. The van der Waals surface area contributed by atoms with Gasteiger partial charge in [0.1, 0.15) is 11.4 Å². The highest BCUT2D eigenvalue weighted by molar-refractivity contribution is 6.04. The maximum atomic E-state index is 12.8. The summed E-state index contributed by atoms with van der Waals surface area (Å²) >= 11 is 0. The van der Waals surface area contributed by atoms with Crippen molar-refractivity contribution in [1.82, 2.24) is 10.3 Å². The van der Waals surface area contributed by atoms with E-state index in [2.05, 4.69) is 10.3 Å². The molecule has 1 atom stereocenters. The number of amides is 1. The molecule has 0 fully saturated rings. The van der Waals surface area contributed by atoms with Crippen molar-refractivity contribution < 1.29 is 14.3 Å². The van der Waals surface area contributed by atoms with Crippen LogP contribution in [0.3, 0.4) is 0 Å². The van der Waals surface area contributed by atoms with Gasteiger partial charge in [-0.15, -0.1) is 0 Å². The second kappa shape index (κ2) is 5.82. The molecule has 4 rings (SSSR count). The Kier molecular flexibility index (Phi) is 3.63. The molecule has 1 aromatic heterocycles. The predicted molar refractivity (Wildman–Crippen MR) is 89.6 cm³/mol. The van der Waals surface area contributed by atoms with Crippen molar-refractivity contribution in [1.29, 1.82) is 0 Å². The number of H-pyrrole nitrogens is 1. The van der Waals surface area contributed by atoms with Crippen LogP contribution in [0.4, 0.5) is 0 Å². The summed E-state index contributed by atoms with van der Waals surface area (Å²) in [6.45, 7) is 2.44. The third-order valence-corrected chi connectivity index (χ3v) is 4.93. The van der Waals surface area contributed by atoms with E-state index in [4.69, 9.17) is 4.74 Å². The first kappa shape index (κ1) is 15.0.